The Balaban J connectivity index is 1.15. The number of nitrogens with zero attached hydrogens (tertiary/aromatic N) is 8. The van der Waals surface area contributed by atoms with E-state index in [9.17, 15) is 15.3 Å². The van der Waals surface area contributed by atoms with Crippen molar-refractivity contribution in [1.82, 2.24) is 22.9 Å². The molecule has 3 aliphatic rings. The monoisotopic (exact) mass is 1570 g/mol. The van der Waals surface area contributed by atoms with Gasteiger partial charge in [-0.25, -0.2) is 20.2 Å². The number of ketones is 1. The lowest BCUT2D eigenvalue weighted by Crippen LogP contribution is -2.19. The van der Waals surface area contributed by atoms with Gasteiger partial charge in [-0.3, -0.25) is 4.79 Å². The number of H-pyrrole nitrogens is 1. The molecule has 11 nitrogen and oxygen atoms in total. The fourth-order valence-electron chi connectivity index (χ4n) is 18.4. The minimum Gasteiger partial charge on any atom is -0.372 e. The summed E-state index contributed by atoms with van der Waals surface area (Å²) >= 11 is 9.02. The van der Waals surface area contributed by atoms with Gasteiger partial charge in [0.15, 0.2) is 5.78 Å². The van der Waals surface area contributed by atoms with Crippen LogP contribution < -0.4 is 0 Å². The van der Waals surface area contributed by atoms with E-state index in [2.05, 4.69) is 123 Å². The molecular weight excluding hydrogens is 1450 g/mol. The number of Topliss-reactive ketones (excluding diaryl/α,β-unsaturated/α-hetero) is 1. The lowest BCUT2D eigenvalue weighted by Gasteiger charge is -2.28. The van der Waals surface area contributed by atoms with Crippen molar-refractivity contribution < 1.29 is 9.53 Å². The highest BCUT2D eigenvalue weighted by Gasteiger charge is 2.41. The number of unbranched alkanes of at least 4 members (excludes halogenated alkanes) is 24. The number of fused-ring (bicyclic) bond motifs is 16. The van der Waals surface area contributed by atoms with E-state index in [4.69, 9.17) is 26.6 Å². The van der Waals surface area contributed by atoms with E-state index in [0.29, 0.717) is 40.0 Å². The fourth-order valence-corrected chi connectivity index (χ4v) is 24.9. The number of aromatic nitrogens is 5. The summed E-state index contributed by atoms with van der Waals surface area (Å²) in [4.78, 5) is 28.0. The number of aryl methyl sites for hydroxylation is 2. The van der Waals surface area contributed by atoms with Crippen molar-refractivity contribution in [3.8, 4) is 12.1 Å². The van der Waals surface area contributed by atoms with E-state index in [0.717, 1.165) is 135 Å². The first kappa shape index (κ1) is 82.7. The number of rotatable bonds is 43. The Labute approximate surface area is 677 Å². The molecule has 0 radical (unpaired) electrons. The molecular formula is C94H121N9O2S5. The second-order valence-corrected chi connectivity index (χ2v) is 38.0. The number of aromatic amines is 1. The molecule has 0 spiro atoms. The van der Waals surface area contributed by atoms with Crippen molar-refractivity contribution in [2.75, 3.05) is 7.11 Å². The molecule has 110 heavy (non-hydrogen) atoms. The summed E-state index contributed by atoms with van der Waals surface area (Å²) in [5, 5.41) is 24.0. The Morgan fingerprint density at radius 3 is 1.44 bits per heavy atom. The van der Waals surface area contributed by atoms with Gasteiger partial charge < -0.3 is 18.9 Å². The molecule has 1 saturated carbocycles. The molecule has 9 aromatic rings. The average Bonchev–Trinajstić information content (AvgIpc) is 1.50. The number of nitriles is 2. The molecule has 3 aliphatic carbocycles. The summed E-state index contributed by atoms with van der Waals surface area (Å²) < 4.78 is 31.2. The van der Waals surface area contributed by atoms with Crippen molar-refractivity contribution in [3.63, 3.8) is 0 Å². The first-order chi connectivity index (χ1) is 53.8. The number of hydrogen-bond acceptors (Lipinski definition) is 11. The predicted molar refractivity (Wildman–Crippen MR) is 474 cm³/mol. The molecule has 0 amide bonds. The topological polar surface area (TPSA) is 134 Å². The van der Waals surface area contributed by atoms with Crippen LogP contribution in [0.25, 0.3) is 99.5 Å². The number of carbonyl (C=O) groups is 1. The van der Waals surface area contributed by atoms with Crippen LogP contribution in [0.4, 0.5) is 0 Å². The molecule has 16 heteroatoms. The molecule has 1 aromatic carbocycles. The standard InChI is InChI=1S/C94H121N9O2S5/c1-13-19-25-29-31-33-35-37-41-47-66-74(53-68-77(73(56-96)98-11)70-57-99-58-71(70)86(68)104)106-92-84-90(108-88(66)92)78-80-81(101-110-100-80)79-83(82(78)102(84)59-61(43-23-17-5)45-39-27-21-15-3)103(60-62(44-24-18-6)46-40-28-22-16-4)85-91(79)109-89-67(48-42-38-36-34-32-30-26-20-14-2)75(107-93(85)89)54-69-76(72(55-95)97-10)64-51-49-63(94(7,8)9)50-52-65(64)87(69)105-12/h51-54,57-58,61-63,87,99H,13-50,59-60H2,1-9,12H3/b68-53-,69-54?,76-72+,77-73?. The Bertz CT molecular complexity index is 5070. The third kappa shape index (κ3) is 17.5. The number of hydrogen-bond donors (Lipinski definition) is 1. The minimum absolute atomic E-state index is 0.0567. The zero-order chi connectivity index (χ0) is 77.4. The third-order valence-electron chi connectivity index (χ3n) is 24.6. The minimum atomic E-state index is -0.422. The maximum absolute atomic E-state index is 14.8. The van der Waals surface area contributed by atoms with E-state index in [1.807, 2.05) is 52.5 Å². The Hall–Kier alpha value is -6.73. The quantitative estimate of drug-likeness (QED) is 0.0175. The van der Waals surface area contributed by atoms with Crippen LogP contribution in [0.15, 0.2) is 63.8 Å². The molecule has 12 rings (SSSR count). The zero-order valence-electron chi connectivity index (χ0n) is 68.0. The number of thiophene rings is 4. The van der Waals surface area contributed by atoms with Crippen LogP contribution in [-0.2, 0) is 30.7 Å². The van der Waals surface area contributed by atoms with Crippen molar-refractivity contribution in [2.45, 2.75) is 325 Å². The Kier molecular flexibility index (Phi) is 29.6. The van der Waals surface area contributed by atoms with Crippen molar-refractivity contribution >= 4 is 153 Å². The molecule has 0 bridgehead atoms. The Morgan fingerprint density at radius 2 is 0.982 bits per heavy atom. The normalized spacial score (nSPS) is 17.7. The van der Waals surface area contributed by atoms with Gasteiger partial charge in [0, 0.05) is 81.0 Å². The lowest BCUT2D eigenvalue weighted by atomic mass is 9.77. The summed E-state index contributed by atoms with van der Waals surface area (Å²) in [7, 11) is 1.81. The average molecular weight is 1570 g/mol. The van der Waals surface area contributed by atoms with Gasteiger partial charge in [-0.15, -0.1) is 45.3 Å². The number of benzene rings is 1. The van der Waals surface area contributed by atoms with Gasteiger partial charge in [-0.1, -0.05) is 254 Å². The van der Waals surface area contributed by atoms with E-state index < -0.39 is 6.10 Å². The van der Waals surface area contributed by atoms with Crippen LogP contribution in [0.1, 0.15) is 330 Å². The van der Waals surface area contributed by atoms with Gasteiger partial charge in [-0.2, -0.15) is 8.75 Å². The summed E-state index contributed by atoms with van der Waals surface area (Å²) in [5.41, 5.74) is 15.7. The molecule has 584 valence electrons. The molecule has 1 fully saturated rings. The van der Waals surface area contributed by atoms with Gasteiger partial charge in [0.2, 0.25) is 0 Å². The highest BCUT2D eigenvalue weighted by Crippen LogP contribution is 2.57. The van der Waals surface area contributed by atoms with Crippen molar-refractivity contribution in [1.29, 1.82) is 10.5 Å². The molecule has 8 aromatic heterocycles. The van der Waals surface area contributed by atoms with Gasteiger partial charge in [0.05, 0.1) is 87.3 Å². The maximum atomic E-state index is 14.8. The third-order valence-corrected chi connectivity index (χ3v) is 30.3. The van der Waals surface area contributed by atoms with Crippen LogP contribution in [0.5, 0.6) is 0 Å². The first-order valence-corrected chi connectivity index (χ1v) is 46.9. The molecule has 4 unspecified atom stereocenters. The van der Waals surface area contributed by atoms with Crippen LogP contribution in [0.3, 0.4) is 0 Å². The van der Waals surface area contributed by atoms with E-state index in [1.54, 1.807) is 12.4 Å². The second kappa shape index (κ2) is 39.3. The second-order valence-electron chi connectivity index (χ2n) is 33.4. The van der Waals surface area contributed by atoms with E-state index >= 15 is 0 Å². The number of nitrogens with one attached hydrogen (secondary N) is 1. The first-order valence-electron chi connectivity index (χ1n) is 42.9. The fraction of sp³-hybridized carbons (Fsp3) is 0.585. The molecule has 1 N–H and O–H groups in total. The van der Waals surface area contributed by atoms with E-state index in [1.165, 1.54) is 249 Å². The molecule has 0 aliphatic heterocycles. The van der Waals surface area contributed by atoms with Crippen LogP contribution in [0, 0.1) is 59.0 Å². The predicted octanol–water partition coefficient (Wildman–Crippen LogP) is 30.3. The Morgan fingerprint density at radius 1 is 0.555 bits per heavy atom. The lowest BCUT2D eigenvalue weighted by molar-refractivity contribution is 0.104. The molecule has 4 atom stereocenters. The van der Waals surface area contributed by atoms with E-state index in [-0.39, 0.29) is 22.6 Å². The smallest absolute Gasteiger partial charge is 0.270 e. The molecule has 8 heterocycles. The highest BCUT2D eigenvalue weighted by atomic mass is 32.1. The summed E-state index contributed by atoms with van der Waals surface area (Å²) in [5.74, 6) is 1.13. The zero-order valence-corrected chi connectivity index (χ0v) is 72.1. The van der Waals surface area contributed by atoms with Gasteiger partial charge in [0.1, 0.15) is 17.1 Å². The maximum Gasteiger partial charge on any atom is 0.270 e. The van der Waals surface area contributed by atoms with Gasteiger partial charge in [0.25, 0.3) is 11.4 Å². The molecule has 0 saturated heterocycles. The summed E-state index contributed by atoms with van der Waals surface area (Å²) in [6, 6.07) is 4.61. The highest BCUT2D eigenvalue weighted by molar-refractivity contribution is 7.34. The number of methoxy groups -OCH3 is 1. The summed E-state index contributed by atoms with van der Waals surface area (Å²) in [6.07, 6.45) is 57.0. The van der Waals surface area contributed by atoms with Crippen molar-refractivity contribution in [2.24, 2.45) is 23.2 Å². The number of carbonyl (C=O) groups excluding carboxylic acids is 1. The van der Waals surface area contributed by atoms with Crippen LogP contribution >= 0.6 is 57.1 Å². The van der Waals surface area contributed by atoms with Crippen molar-refractivity contribution in [3.05, 3.63) is 119 Å². The SMILES string of the molecule is [C-]#[N+]C(C#N)=C1/C(=C/c2sc3c(sc4c5c6nsnc6c6c7sc8c(CCCCCCCCCCC)c(C=C9/C(=C(\C#N)[N+]#[C-])C%10=CCC(C(C)(C)C)CC=C%10C9OC)sc8c7n(CC(CCCC)CCCCCC)c6c5n(CC(CCCC)CCCCCC)c34)c2CCCCCCCCCCC)C(=O)c2c[nH]cc21. The van der Waals surface area contributed by atoms with Gasteiger partial charge in [-0.05, 0) is 127 Å². The van der Waals surface area contributed by atoms with Crippen LogP contribution in [-0.4, -0.2) is 41.9 Å². The number of allylic oxidation sites excluding steroid dienone is 6. The van der Waals surface area contributed by atoms with Gasteiger partial charge >= 0.3 is 0 Å². The summed E-state index contributed by atoms with van der Waals surface area (Å²) in [6.45, 7) is 39.5. The van der Waals surface area contributed by atoms with Crippen LogP contribution in [0.2, 0.25) is 0 Å². The number of ether oxygens (including phenoxy) is 1. The largest absolute Gasteiger partial charge is 0.372 e.